The number of benzene rings is 2. The molecule has 172 valence electrons. The van der Waals surface area contributed by atoms with E-state index in [-0.39, 0.29) is 0 Å². The molecule has 0 unspecified atom stereocenters. The van der Waals surface area contributed by atoms with Crippen LogP contribution >= 0.6 is 24.4 Å². The number of hydrogen-bond acceptors (Lipinski definition) is 10. The normalized spacial score (nSPS) is 10.2. The molecule has 0 aliphatic rings. The molecule has 0 aliphatic carbocycles. The molecule has 10 heteroatoms. The predicted octanol–water partition coefficient (Wildman–Crippen LogP) is 7.25. The Morgan fingerprint density at radius 3 is 1.83 bits per heavy atom. The van der Waals surface area contributed by atoms with Crippen LogP contribution in [0.25, 0.3) is 45.1 Å². The van der Waals surface area contributed by atoms with Gasteiger partial charge in [-0.25, -0.2) is 9.97 Å². The van der Waals surface area contributed by atoms with Crippen LogP contribution < -0.4 is 0 Å². The Hall–Kier alpha value is -4.72. The van der Waals surface area contributed by atoms with E-state index >= 15 is 0 Å². The summed E-state index contributed by atoms with van der Waals surface area (Å²) in [6.07, 6.45) is 6.83. The number of oxazole rings is 2. The number of thiocarbonyl (C=S) groups is 2. The SMILES string of the molecule is S=C=Nc1ccc2nc(-c3cccnc3)oc2c1.S=C=Nc1ccc2oc(-c3cccnc3)nc2c1. The first-order chi connectivity index (χ1) is 17.7. The average Bonchev–Trinajstić information content (AvgIpc) is 3.54. The molecule has 0 saturated carbocycles. The van der Waals surface area contributed by atoms with Gasteiger partial charge in [0.1, 0.15) is 11.0 Å². The molecule has 0 fully saturated rings. The maximum atomic E-state index is 5.67. The summed E-state index contributed by atoms with van der Waals surface area (Å²) in [5, 5.41) is 4.65. The topological polar surface area (TPSA) is 103 Å². The molecule has 6 rings (SSSR count). The van der Waals surface area contributed by atoms with Gasteiger partial charge in [-0.1, -0.05) is 0 Å². The minimum Gasteiger partial charge on any atom is -0.436 e. The lowest BCUT2D eigenvalue weighted by atomic mass is 10.3. The monoisotopic (exact) mass is 506 g/mol. The third kappa shape index (κ3) is 5.17. The Balaban J connectivity index is 0.000000148. The summed E-state index contributed by atoms with van der Waals surface area (Å²) in [5.74, 6) is 1.09. The van der Waals surface area contributed by atoms with Crippen molar-refractivity contribution in [3.8, 4) is 22.9 Å². The molecule has 8 nitrogen and oxygen atoms in total. The van der Waals surface area contributed by atoms with Crippen LogP contribution in [0.5, 0.6) is 0 Å². The largest absolute Gasteiger partial charge is 0.436 e. The molecule has 0 N–H and O–H groups in total. The minimum atomic E-state index is 0.543. The molecule has 0 aliphatic heterocycles. The van der Waals surface area contributed by atoms with Crippen molar-refractivity contribution in [1.82, 2.24) is 19.9 Å². The van der Waals surface area contributed by atoms with Crippen LogP contribution in [0, 0.1) is 0 Å². The molecule has 4 aromatic heterocycles. The number of nitrogens with zero attached hydrogens (tertiary/aromatic N) is 6. The Labute approximate surface area is 215 Å². The zero-order valence-electron chi connectivity index (χ0n) is 18.4. The van der Waals surface area contributed by atoms with Gasteiger partial charge in [-0.3, -0.25) is 9.97 Å². The molecule has 2 aromatic carbocycles. The zero-order valence-corrected chi connectivity index (χ0v) is 20.0. The van der Waals surface area contributed by atoms with Crippen molar-refractivity contribution in [3.63, 3.8) is 0 Å². The van der Waals surface area contributed by atoms with E-state index in [9.17, 15) is 0 Å². The number of rotatable bonds is 4. The predicted molar refractivity (Wildman–Crippen MR) is 144 cm³/mol. The van der Waals surface area contributed by atoms with Crippen LogP contribution in [0.3, 0.4) is 0 Å². The van der Waals surface area contributed by atoms with Gasteiger partial charge in [0.15, 0.2) is 11.2 Å². The van der Waals surface area contributed by atoms with Gasteiger partial charge < -0.3 is 8.83 Å². The van der Waals surface area contributed by atoms with Gasteiger partial charge in [0.2, 0.25) is 11.8 Å². The Morgan fingerprint density at radius 1 is 0.639 bits per heavy atom. The van der Waals surface area contributed by atoms with E-state index in [2.05, 4.69) is 64.7 Å². The average molecular weight is 507 g/mol. The molecule has 0 atom stereocenters. The molecule has 0 spiro atoms. The van der Waals surface area contributed by atoms with Gasteiger partial charge in [-0.2, -0.15) is 9.98 Å². The van der Waals surface area contributed by atoms with Crippen molar-refractivity contribution >= 4 is 68.3 Å². The Kier molecular flexibility index (Phi) is 6.84. The highest BCUT2D eigenvalue weighted by Crippen LogP contribution is 2.27. The first kappa shape index (κ1) is 23.0. The van der Waals surface area contributed by atoms with Crippen molar-refractivity contribution in [3.05, 3.63) is 85.5 Å². The Bertz CT molecular complexity index is 1620. The summed E-state index contributed by atoms with van der Waals surface area (Å²) in [6.45, 7) is 0. The Morgan fingerprint density at radius 2 is 1.22 bits per heavy atom. The van der Waals surface area contributed by atoms with Crippen LogP contribution in [-0.2, 0) is 0 Å². The molecule has 0 bridgehead atoms. The third-order valence-electron chi connectivity index (χ3n) is 4.91. The van der Waals surface area contributed by atoms with E-state index in [4.69, 9.17) is 8.83 Å². The van der Waals surface area contributed by atoms with Crippen LogP contribution in [0.15, 0.2) is 104 Å². The van der Waals surface area contributed by atoms with E-state index in [1.165, 1.54) is 0 Å². The highest BCUT2D eigenvalue weighted by atomic mass is 32.1. The summed E-state index contributed by atoms with van der Waals surface area (Å²) < 4.78 is 11.3. The summed E-state index contributed by atoms with van der Waals surface area (Å²) in [6, 6.07) is 18.3. The standard InChI is InChI=1S/2C13H7N3OS/c18-8-15-10-3-4-12-11(6-10)16-13(17-12)9-2-1-5-14-7-9;18-8-15-10-3-4-11-12(6-10)17-13(16-11)9-2-1-5-14-7-9/h2*1-7H. The second-order valence-corrected chi connectivity index (χ2v) is 7.60. The molecular weight excluding hydrogens is 492 g/mol. The number of aliphatic imine (C=N–C) groups is 2. The third-order valence-corrected chi connectivity index (χ3v) is 5.09. The quantitative estimate of drug-likeness (QED) is 0.182. The maximum absolute atomic E-state index is 5.67. The van der Waals surface area contributed by atoms with E-state index in [0.29, 0.717) is 34.3 Å². The van der Waals surface area contributed by atoms with Gasteiger partial charge >= 0.3 is 0 Å². The molecule has 0 amide bonds. The van der Waals surface area contributed by atoms with Crippen molar-refractivity contribution in [2.45, 2.75) is 0 Å². The first-order valence-electron chi connectivity index (χ1n) is 10.5. The lowest BCUT2D eigenvalue weighted by Gasteiger charge is -1.91. The lowest BCUT2D eigenvalue weighted by Crippen LogP contribution is -1.77. The van der Waals surface area contributed by atoms with Crippen molar-refractivity contribution in [2.75, 3.05) is 0 Å². The number of pyridine rings is 2. The molecular formula is C26H14N6O2S2. The summed E-state index contributed by atoms with van der Waals surface area (Å²) >= 11 is 9.14. The maximum Gasteiger partial charge on any atom is 0.228 e. The van der Waals surface area contributed by atoms with Crippen LogP contribution in [-0.4, -0.2) is 30.3 Å². The summed E-state index contributed by atoms with van der Waals surface area (Å²) in [5.41, 5.74) is 5.98. The van der Waals surface area contributed by atoms with Crippen LogP contribution in [0.4, 0.5) is 11.4 Å². The summed E-state index contributed by atoms with van der Waals surface area (Å²) in [4.78, 5) is 24.7. The fourth-order valence-corrected chi connectivity index (χ4v) is 3.51. The number of hydrogen-bond donors (Lipinski definition) is 0. The zero-order chi connectivity index (χ0) is 24.7. The van der Waals surface area contributed by atoms with Crippen molar-refractivity contribution in [1.29, 1.82) is 0 Å². The van der Waals surface area contributed by atoms with Gasteiger partial charge in [-0.05, 0) is 79.0 Å². The molecule has 0 saturated heterocycles. The fraction of sp³-hybridized carbons (Fsp3) is 0. The number of fused-ring (bicyclic) bond motifs is 2. The molecule has 6 aromatic rings. The van der Waals surface area contributed by atoms with Gasteiger partial charge in [0, 0.05) is 30.9 Å². The molecule has 4 heterocycles. The van der Waals surface area contributed by atoms with Gasteiger partial charge in [-0.15, -0.1) is 0 Å². The first-order valence-corrected chi connectivity index (χ1v) is 11.3. The van der Waals surface area contributed by atoms with E-state index in [1.54, 1.807) is 43.0 Å². The van der Waals surface area contributed by atoms with E-state index < -0.39 is 0 Å². The summed E-state index contributed by atoms with van der Waals surface area (Å²) in [7, 11) is 0. The smallest absolute Gasteiger partial charge is 0.228 e. The van der Waals surface area contributed by atoms with Crippen molar-refractivity contribution < 1.29 is 8.83 Å². The van der Waals surface area contributed by atoms with Crippen molar-refractivity contribution in [2.24, 2.45) is 9.98 Å². The second kappa shape index (κ2) is 10.7. The highest BCUT2D eigenvalue weighted by Gasteiger charge is 2.09. The molecule has 36 heavy (non-hydrogen) atoms. The lowest BCUT2D eigenvalue weighted by molar-refractivity contribution is 0.619. The highest BCUT2D eigenvalue weighted by molar-refractivity contribution is 7.78. The number of aromatic nitrogens is 4. The fourth-order valence-electron chi connectivity index (χ4n) is 3.30. The van der Waals surface area contributed by atoms with Crippen LogP contribution in [0.1, 0.15) is 0 Å². The second-order valence-electron chi connectivity index (χ2n) is 7.23. The van der Waals surface area contributed by atoms with E-state index in [0.717, 1.165) is 22.2 Å². The molecule has 0 radical (unpaired) electrons. The van der Waals surface area contributed by atoms with E-state index in [1.807, 2.05) is 42.5 Å². The number of isothiocyanates is 2. The van der Waals surface area contributed by atoms with Crippen LogP contribution in [0.2, 0.25) is 0 Å². The van der Waals surface area contributed by atoms with Gasteiger partial charge in [0.05, 0.1) is 32.8 Å². The van der Waals surface area contributed by atoms with Gasteiger partial charge in [0.25, 0.3) is 0 Å². The minimum absolute atomic E-state index is 0.543.